The maximum absolute atomic E-state index is 12.2. The summed E-state index contributed by atoms with van der Waals surface area (Å²) < 4.78 is 41.1. The number of carboxylic acids is 1. The highest BCUT2D eigenvalue weighted by Gasteiger charge is 2.38. The molecule has 4 aromatic rings. The van der Waals surface area contributed by atoms with E-state index in [1.807, 2.05) is 66.4 Å². The molecular formula is C27H31F3N6O6. The Morgan fingerprint density at radius 2 is 1.52 bits per heavy atom. The van der Waals surface area contributed by atoms with Gasteiger partial charge in [-0.2, -0.15) is 23.7 Å². The highest BCUT2D eigenvalue weighted by atomic mass is 19.4. The fourth-order valence-electron chi connectivity index (χ4n) is 4.17. The summed E-state index contributed by atoms with van der Waals surface area (Å²) >= 11 is 0. The topological polar surface area (TPSA) is 132 Å². The van der Waals surface area contributed by atoms with Gasteiger partial charge in [-0.3, -0.25) is 4.84 Å². The largest absolute Gasteiger partial charge is 0.490 e. The van der Waals surface area contributed by atoms with Crippen LogP contribution in [-0.2, 0) is 19.2 Å². The quantitative estimate of drug-likeness (QED) is 0.334. The predicted molar refractivity (Wildman–Crippen MR) is 142 cm³/mol. The molecule has 15 heteroatoms. The van der Waals surface area contributed by atoms with Crippen molar-refractivity contribution < 1.29 is 42.3 Å². The van der Waals surface area contributed by atoms with E-state index in [1.54, 1.807) is 12.4 Å². The number of ether oxygens (including phenoxy) is 1. The van der Waals surface area contributed by atoms with Crippen molar-refractivity contribution in [3.8, 4) is 0 Å². The van der Waals surface area contributed by atoms with Gasteiger partial charge in [-0.15, -0.1) is 0 Å². The molecule has 2 saturated heterocycles. The number of halogens is 3. The van der Waals surface area contributed by atoms with E-state index >= 15 is 0 Å². The van der Waals surface area contributed by atoms with Crippen LogP contribution in [0, 0.1) is 0 Å². The van der Waals surface area contributed by atoms with Crippen molar-refractivity contribution in [2.75, 3.05) is 13.2 Å². The minimum absolute atomic E-state index is 0.133. The first-order chi connectivity index (χ1) is 19.8. The number of carboxylic acid groups (broad SMARTS) is 1. The van der Waals surface area contributed by atoms with Crippen LogP contribution in [0.4, 0.5) is 18.0 Å². The molecule has 226 valence electrons. The number of carbonyl (C=O) groups excluding carboxylic acids is 1. The summed E-state index contributed by atoms with van der Waals surface area (Å²) in [5.41, 5.74) is 6.56. The zero-order valence-electron chi connectivity index (χ0n) is 23.1. The Kier molecular flexibility index (Phi) is 9.33. The smallest absolute Gasteiger partial charge is 0.475 e. The van der Waals surface area contributed by atoms with Gasteiger partial charge in [0.2, 0.25) is 0 Å². The summed E-state index contributed by atoms with van der Waals surface area (Å²) in [6.45, 7) is 6.81. The van der Waals surface area contributed by atoms with Crippen LogP contribution in [-0.4, -0.2) is 66.0 Å². The molecule has 2 fully saturated rings. The molecule has 0 aromatic carbocycles. The zero-order valence-corrected chi connectivity index (χ0v) is 23.1. The molecule has 1 amide bonds. The monoisotopic (exact) mass is 592 g/mol. The number of aliphatic carboxylic acids is 1. The standard InChI is InChI=1S/C15H19N3O3.C10H11N3O.C2HF3O2/c1-15(2,3)21-14(19)18-12(6-9-20-18)11-4-5-13-16-7-8-17(13)10-11;1-2-10-11-4-5-13(10)7-8(1)9-3-6-14-12-9;3-2(4,5)1(6)7/h4-5,7-8,10,12H,6,9H2,1-3H3;1-2,4-5,7,9,12H,3,6H2;(H,6,7). The number of fused-ring (bicyclic) bond motifs is 2. The van der Waals surface area contributed by atoms with Gasteiger partial charge in [0, 0.05) is 43.6 Å². The number of imidazole rings is 2. The molecule has 6 rings (SSSR count). The first-order valence-corrected chi connectivity index (χ1v) is 13.0. The number of pyridine rings is 2. The summed E-state index contributed by atoms with van der Waals surface area (Å²) in [5.74, 6) is -2.76. The second-order valence-corrected chi connectivity index (χ2v) is 10.4. The second kappa shape index (κ2) is 12.8. The molecule has 2 unspecified atom stereocenters. The van der Waals surface area contributed by atoms with Crippen molar-refractivity contribution in [2.24, 2.45) is 0 Å². The minimum atomic E-state index is -5.08. The number of rotatable bonds is 2. The van der Waals surface area contributed by atoms with Crippen LogP contribution in [0.2, 0.25) is 0 Å². The highest BCUT2D eigenvalue weighted by Crippen LogP contribution is 2.31. The number of nitrogens with one attached hydrogen (secondary N) is 1. The van der Waals surface area contributed by atoms with Crippen molar-refractivity contribution in [1.29, 1.82) is 0 Å². The molecule has 4 aromatic heterocycles. The molecule has 0 saturated carbocycles. The Labute approximate surface area is 238 Å². The lowest BCUT2D eigenvalue weighted by Crippen LogP contribution is -2.35. The van der Waals surface area contributed by atoms with Gasteiger partial charge in [-0.05, 0) is 50.5 Å². The first-order valence-electron chi connectivity index (χ1n) is 13.0. The Balaban J connectivity index is 0.000000165. The Bertz CT molecular complexity index is 1510. The van der Waals surface area contributed by atoms with Crippen molar-refractivity contribution in [2.45, 2.75) is 57.5 Å². The summed E-state index contributed by atoms with van der Waals surface area (Å²) in [5, 5.41) is 8.46. The van der Waals surface area contributed by atoms with E-state index < -0.39 is 23.8 Å². The maximum Gasteiger partial charge on any atom is 0.490 e. The van der Waals surface area contributed by atoms with Crippen LogP contribution in [0.3, 0.4) is 0 Å². The van der Waals surface area contributed by atoms with E-state index in [0.717, 1.165) is 36.3 Å². The third kappa shape index (κ3) is 7.96. The van der Waals surface area contributed by atoms with Gasteiger partial charge in [0.05, 0.1) is 25.3 Å². The summed E-state index contributed by atoms with van der Waals surface area (Å²) in [6, 6.07) is 8.21. The van der Waals surface area contributed by atoms with E-state index in [4.69, 9.17) is 24.3 Å². The molecule has 6 heterocycles. The molecule has 0 radical (unpaired) electrons. The molecule has 42 heavy (non-hydrogen) atoms. The van der Waals surface area contributed by atoms with E-state index in [0.29, 0.717) is 12.6 Å². The van der Waals surface area contributed by atoms with Crippen LogP contribution >= 0.6 is 0 Å². The minimum Gasteiger partial charge on any atom is -0.475 e. The van der Waals surface area contributed by atoms with E-state index in [9.17, 15) is 18.0 Å². The van der Waals surface area contributed by atoms with Gasteiger partial charge < -0.3 is 23.5 Å². The first kappa shape index (κ1) is 30.7. The lowest BCUT2D eigenvalue weighted by atomic mass is 10.1. The number of hydrogen-bond donors (Lipinski definition) is 2. The molecule has 2 N–H and O–H groups in total. The van der Waals surface area contributed by atoms with Gasteiger partial charge in [0.15, 0.2) is 0 Å². The van der Waals surface area contributed by atoms with Gasteiger partial charge in [-0.1, -0.05) is 12.1 Å². The number of aromatic nitrogens is 4. The predicted octanol–water partition coefficient (Wildman–Crippen LogP) is 4.88. The molecular weight excluding hydrogens is 561 g/mol. The van der Waals surface area contributed by atoms with E-state index in [2.05, 4.69) is 27.7 Å². The molecule has 0 aliphatic carbocycles. The van der Waals surface area contributed by atoms with Crippen LogP contribution in [0.5, 0.6) is 0 Å². The average Bonchev–Trinajstić information content (AvgIpc) is 3.73. The third-order valence-electron chi connectivity index (χ3n) is 6.07. The fourth-order valence-corrected chi connectivity index (χ4v) is 4.17. The third-order valence-corrected chi connectivity index (χ3v) is 6.07. The normalized spacial score (nSPS) is 18.8. The molecule has 2 atom stereocenters. The highest BCUT2D eigenvalue weighted by molar-refractivity contribution is 5.73. The van der Waals surface area contributed by atoms with Crippen LogP contribution in [0.25, 0.3) is 11.3 Å². The Morgan fingerprint density at radius 3 is 2.05 bits per heavy atom. The second-order valence-electron chi connectivity index (χ2n) is 10.4. The van der Waals surface area contributed by atoms with Gasteiger partial charge in [-0.25, -0.2) is 19.6 Å². The fraction of sp³-hybridized carbons (Fsp3) is 0.407. The van der Waals surface area contributed by atoms with Crippen molar-refractivity contribution in [3.05, 3.63) is 72.6 Å². The van der Waals surface area contributed by atoms with Crippen molar-refractivity contribution >= 4 is 23.4 Å². The molecule has 0 bridgehead atoms. The van der Waals surface area contributed by atoms with Crippen molar-refractivity contribution in [1.82, 2.24) is 29.3 Å². The average molecular weight is 593 g/mol. The summed E-state index contributed by atoms with van der Waals surface area (Å²) in [7, 11) is 0. The maximum atomic E-state index is 12.2. The van der Waals surface area contributed by atoms with Gasteiger partial charge in [0.1, 0.15) is 16.9 Å². The van der Waals surface area contributed by atoms with Gasteiger partial charge in [0.25, 0.3) is 0 Å². The molecule has 12 nitrogen and oxygen atoms in total. The Morgan fingerprint density at radius 1 is 0.952 bits per heavy atom. The summed E-state index contributed by atoms with van der Waals surface area (Å²) in [6.07, 6.45) is 7.69. The van der Waals surface area contributed by atoms with Crippen LogP contribution < -0.4 is 5.48 Å². The lowest BCUT2D eigenvalue weighted by molar-refractivity contribution is -0.192. The number of hydrogen-bond acceptors (Lipinski definition) is 8. The molecule has 2 aliphatic heterocycles. The lowest BCUT2D eigenvalue weighted by Gasteiger charge is -2.27. The number of nitrogens with zero attached hydrogens (tertiary/aromatic N) is 5. The van der Waals surface area contributed by atoms with Crippen molar-refractivity contribution in [3.63, 3.8) is 0 Å². The molecule has 0 spiro atoms. The number of alkyl halides is 3. The van der Waals surface area contributed by atoms with Crippen LogP contribution in [0.15, 0.2) is 61.4 Å². The molecule has 2 aliphatic rings. The zero-order chi connectivity index (χ0) is 30.5. The van der Waals surface area contributed by atoms with Crippen LogP contribution in [0.1, 0.15) is 56.8 Å². The number of amides is 1. The SMILES string of the molecule is CC(C)(C)OC(=O)N1OCCC1c1ccc2nccn2c1.O=C(O)C(F)(F)F.c1cn2cc(C3CCON3)ccc2n1. The Hall–Kier alpha value is -4.21. The number of hydroxylamine groups is 3. The summed E-state index contributed by atoms with van der Waals surface area (Å²) in [4.78, 5) is 40.1. The number of carbonyl (C=O) groups is 2. The van der Waals surface area contributed by atoms with E-state index in [1.165, 1.54) is 10.6 Å². The van der Waals surface area contributed by atoms with E-state index in [-0.39, 0.29) is 6.04 Å². The van der Waals surface area contributed by atoms with Gasteiger partial charge >= 0.3 is 18.2 Å².